The van der Waals surface area contributed by atoms with Gasteiger partial charge in [0.15, 0.2) is 10.8 Å². The van der Waals surface area contributed by atoms with Crippen LogP contribution < -0.4 is 5.32 Å². The van der Waals surface area contributed by atoms with E-state index in [0.29, 0.717) is 6.54 Å². The number of amides is 1. The number of nitrogens with one attached hydrogen (secondary N) is 1. The molecule has 1 aromatic rings. The van der Waals surface area contributed by atoms with Crippen LogP contribution in [0.1, 0.15) is 16.9 Å². The zero-order chi connectivity index (χ0) is 10.4. The van der Waals surface area contributed by atoms with E-state index in [4.69, 9.17) is 11.6 Å². The smallest absolute Gasteiger partial charge is 0.271 e. The fourth-order valence-electron chi connectivity index (χ4n) is 0.815. The van der Waals surface area contributed by atoms with Crippen molar-refractivity contribution < 1.29 is 4.79 Å². The molecule has 0 aliphatic heterocycles. The summed E-state index contributed by atoms with van der Waals surface area (Å²) in [5, 5.41) is 10.1. The second kappa shape index (κ2) is 5.34. The lowest BCUT2D eigenvalue weighted by molar-refractivity contribution is 0.0948. The van der Waals surface area contributed by atoms with Crippen LogP contribution in [0.15, 0.2) is 24.8 Å². The van der Waals surface area contributed by atoms with Crippen molar-refractivity contribution in [3.63, 3.8) is 0 Å². The molecular formula is C9H10ClN3O. The van der Waals surface area contributed by atoms with Crippen molar-refractivity contribution in [3.8, 4) is 0 Å². The van der Waals surface area contributed by atoms with Crippen LogP contribution in [0, 0.1) is 0 Å². The first-order valence-electron chi connectivity index (χ1n) is 4.12. The van der Waals surface area contributed by atoms with Gasteiger partial charge in [-0.15, -0.1) is 16.8 Å². The highest BCUT2D eigenvalue weighted by molar-refractivity contribution is 6.29. The predicted molar refractivity (Wildman–Crippen MR) is 54.2 cm³/mol. The molecule has 0 fully saturated rings. The zero-order valence-electron chi connectivity index (χ0n) is 7.53. The number of hydrogen-bond acceptors (Lipinski definition) is 3. The molecule has 0 atom stereocenters. The average Bonchev–Trinajstić information content (AvgIpc) is 2.19. The van der Waals surface area contributed by atoms with Crippen molar-refractivity contribution in [1.82, 2.24) is 15.5 Å². The number of aromatic nitrogens is 2. The third-order valence-electron chi connectivity index (χ3n) is 1.50. The highest BCUT2D eigenvalue weighted by Gasteiger charge is 2.05. The predicted octanol–water partition coefficient (Wildman–Crippen LogP) is 1.44. The molecule has 0 spiro atoms. The van der Waals surface area contributed by atoms with Crippen molar-refractivity contribution in [2.24, 2.45) is 0 Å². The van der Waals surface area contributed by atoms with Gasteiger partial charge in [-0.3, -0.25) is 4.79 Å². The van der Waals surface area contributed by atoms with Crippen LogP contribution in [0.4, 0.5) is 0 Å². The van der Waals surface area contributed by atoms with E-state index in [2.05, 4.69) is 22.1 Å². The van der Waals surface area contributed by atoms with E-state index < -0.39 is 0 Å². The summed E-state index contributed by atoms with van der Waals surface area (Å²) in [4.78, 5) is 11.3. The number of hydrogen-bond donors (Lipinski definition) is 1. The Morgan fingerprint density at radius 1 is 1.57 bits per heavy atom. The number of rotatable bonds is 4. The zero-order valence-corrected chi connectivity index (χ0v) is 8.29. The second-order valence-corrected chi connectivity index (χ2v) is 2.96. The molecule has 4 nitrogen and oxygen atoms in total. The van der Waals surface area contributed by atoms with Crippen LogP contribution in [0.2, 0.25) is 5.15 Å². The fourth-order valence-corrected chi connectivity index (χ4v) is 0.916. The molecule has 0 unspecified atom stereocenters. The molecular weight excluding hydrogens is 202 g/mol. The van der Waals surface area contributed by atoms with Crippen molar-refractivity contribution in [2.75, 3.05) is 6.54 Å². The first-order chi connectivity index (χ1) is 6.74. The molecule has 5 heteroatoms. The molecule has 1 rings (SSSR count). The summed E-state index contributed by atoms with van der Waals surface area (Å²) in [5.74, 6) is -0.254. The van der Waals surface area contributed by atoms with Gasteiger partial charge in [0.1, 0.15) is 0 Å². The van der Waals surface area contributed by atoms with E-state index in [-0.39, 0.29) is 16.8 Å². The lowest BCUT2D eigenvalue weighted by Gasteiger charge is -2.01. The fraction of sp³-hybridized carbons (Fsp3) is 0.222. The Morgan fingerprint density at radius 3 is 2.93 bits per heavy atom. The number of carbonyl (C=O) groups is 1. The van der Waals surface area contributed by atoms with E-state index >= 15 is 0 Å². The Hall–Kier alpha value is -1.42. The molecule has 0 aromatic carbocycles. The average molecular weight is 212 g/mol. The van der Waals surface area contributed by atoms with Crippen LogP contribution in [0.5, 0.6) is 0 Å². The summed E-state index contributed by atoms with van der Waals surface area (Å²) in [7, 11) is 0. The first kappa shape index (κ1) is 10.7. The lowest BCUT2D eigenvalue weighted by atomic mass is 10.3. The van der Waals surface area contributed by atoms with E-state index in [0.717, 1.165) is 6.42 Å². The molecule has 0 radical (unpaired) electrons. The Kier molecular flexibility index (Phi) is 4.07. The maximum absolute atomic E-state index is 11.3. The van der Waals surface area contributed by atoms with Gasteiger partial charge < -0.3 is 5.32 Å². The summed E-state index contributed by atoms with van der Waals surface area (Å²) in [5.41, 5.74) is 0.262. The van der Waals surface area contributed by atoms with E-state index in [1.54, 1.807) is 6.08 Å². The molecule has 14 heavy (non-hydrogen) atoms. The Morgan fingerprint density at radius 2 is 2.36 bits per heavy atom. The minimum Gasteiger partial charge on any atom is -0.350 e. The summed E-state index contributed by atoms with van der Waals surface area (Å²) in [6.07, 6.45) is 2.46. The minimum absolute atomic E-state index is 0.254. The number of nitrogens with zero attached hydrogens (tertiary/aromatic N) is 2. The molecule has 1 heterocycles. The van der Waals surface area contributed by atoms with Crippen molar-refractivity contribution in [1.29, 1.82) is 0 Å². The highest BCUT2D eigenvalue weighted by atomic mass is 35.5. The Bertz CT molecular complexity index is 323. The maximum atomic E-state index is 11.3. The molecule has 0 aliphatic carbocycles. The molecule has 0 bridgehead atoms. The lowest BCUT2D eigenvalue weighted by Crippen LogP contribution is -2.25. The molecule has 74 valence electrons. The topological polar surface area (TPSA) is 54.9 Å². The van der Waals surface area contributed by atoms with Gasteiger partial charge in [-0.05, 0) is 18.6 Å². The molecule has 0 saturated carbocycles. The minimum atomic E-state index is -0.254. The van der Waals surface area contributed by atoms with E-state index in [9.17, 15) is 4.79 Å². The largest absolute Gasteiger partial charge is 0.350 e. The summed E-state index contributed by atoms with van der Waals surface area (Å²) in [6, 6.07) is 3.05. The SMILES string of the molecule is C=CCCNC(=O)c1ccc(Cl)nn1. The summed E-state index contributed by atoms with van der Waals surface area (Å²) >= 11 is 5.52. The first-order valence-corrected chi connectivity index (χ1v) is 4.50. The monoisotopic (exact) mass is 211 g/mol. The molecule has 1 aromatic heterocycles. The maximum Gasteiger partial charge on any atom is 0.271 e. The highest BCUT2D eigenvalue weighted by Crippen LogP contribution is 2.01. The van der Waals surface area contributed by atoms with Crippen molar-refractivity contribution >= 4 is 17.5 Å². The number of halogens is 1. The van der Waals surface area contributed by atoms with Crippen molar-refractivity contribution in [3.05, 3.63) is 35.6 Å². The van der Waals surface area contributed by atoms with Gasteiger partial charge in [0.05, 0.1) is 0 Å². The van der Waals surface area contributed by atoms with Gasteiger partial charge >= 0.3 is 0 Å². The van der Waals surface area contributed by atoms with Gasteiger partial charge in [-0.1, -0.05) is 17.7 Å². The molecule has 0 aliphatic rings. The van der Waals surface area contributed by atoms with Crippen LogP contribution in [-0.4, -0.2) is 22.6 Å². The van der Waals surface area contributed by atoms with Crippen LogP contribution in [0.3, 0.4) is 0 Å². The molecule has 1 amide bonds. The number of carbonyl (C=O) groups excluding carboxylic acids is 1. The standard InChI is InChI=1S/C9H10ClN3O/c1-2-3-6-11-9(14)7-4-5-8(10)13-12-7/h2,4-5H,1,3,6H2,(H,11,14). The summed E-state index contributed by atoms with van der Waals surface area (Å²) in [6.45, 7) is 4.09. The van der Waals surface area contributed by atoms with Crippen LogP contribution >= 0.6 is 11.6 Å². The Balaban J connectivity index is 2.52. The Labute approximate surface area is 87.0 Å². The second-order valence-electron chi connectivity index (χ2n) is 2.57. The van der Waals surface area contributed by atoms with Crippen molar-refractivity contribution in [2.45, 2.75) is 6.42 Å². The quantitative estimate of drug-likeness (QED) is 0.606. The van der Waals surface area contributed by atoms with Gasteiger partial charge in [0.2, 0.25) is 0 Å². The van der Waals surface area contributed by atoms with Crippen LogP contribution in [-0.2, 0) is 0 Å². The van der Waals surface area contributed by atoms with Gasteiger partial charge in [0.25, 0.3) is 5.91 Å². The van der Waals surface area contributed by atoms with E-state index in [1.165, 1.54) is 12.1 Å². The summed E-state index contributed by atoms with van der Waals surface area (Å²) < 4.78 is 0. The van der Waals surface area contributed by atoms with E-state index in [1.807, 2.05) is 0 Å². The van der Waals surface area contributed by atoms with Gasteiger partial charge in [-0.25, -0.2) is 0 Å². The normalized spacial score (nSPS) is 9.50. The van der Waals surface area contributed by atoms with Gasteiger partial charge in [0, 0.05) is 6.54 Å². The molecule has 0 saturated heterocycles. The van der Waals surface area contributed by atoms with Gasteiger partial charge in [-0.2, -0.15) is 0 Å². The third kappa shape index (κ3) is 3.14. The third-order valence-corrected chi connectivity index (χ3v) is 1.70. The van der Waals surface area contributed by atoms with Crippen LogP contribution in [0.25, 0.3) is 0 Å². The molecule has 1 N–H and O–H groups in total.